The van der Waals surface area contributed by atoms with E-state index in [9.17, 15) is 14.7 Å². The maximum absolute atomic E-state index is 13.7. The Balaban J connectivity index is 1.48. The van der Waals surface area contributed by atoms with Crippen molar-refractivity contribution < 1.29 is 28.6 Å². The first kappa shape index (κ1) is 23.1. The number of carbonyl (C=O) groups excluding carboxylic acids is 2. The molecule has 3 aromatic rings. The minimum absolute atomic E-state index is 0.00456. The van der Waals surface area contributed by atoms with Crippen LogP contribution in [0.4, 0.5) is 0 Å². The van der Waals surface area contributed by atoms with Crippen molar-refractivity contribution in [2.24, 2.45) is 0 Å². The molecule has 2 aromatic carbocycles. The molecule has 1 amide bonds. The second-order valence-electron chi connectivity index (χ2n) is 8.69. The van der Waals surface area contributed by atoms with Crippen molar-refractivity contribution in [1.29, 1.82) is 0 Å². The van der Waals surface area contributed by atoms with Crippen molar-refractivity contribution in [3.8, 4) is 5.75 Å². The summed E-state index contributed by atoms with van der Waals surface area (Å²) >= 11 is 0. The molecule has 0 radical (unpaired) electrons. The molecule has 182 valence electrons. The summed E-state index contributed by atoms with van der Waals surface area (Å²) in [6.45, 7) is 4.27. The highest BCUT2D eigenvalue weighted by Gasteiger charge is 2.45. The number of fused-ring (bicyclic) bond motifs is 1. The molecule has 2 aliphatic heterocycles. The van der Waals surface area contributed by atoms with Crippen LogP contribution >= 0.6 is 0 Å². The molecule has 5 rings (SSSR count). The van der Waals surface area contributed by atoms with E-state index in [1.807, 2.05) is 36.4 Å². The SMILES string of the molecule is COc1ccccc1[C@@H]1C(C(=O)c2cc3ccccc3o2)=C(O)C(=O)N1CCCN1CCOCC1. The Bertz CT molecular complexity index is 1240. The number of hydrogen-bond donors (Lipinski definition) is 1. The van der Waals surface area contributed by atoms with Gasteiger partial charge in [-0.2, -0.15) is 0 Å². The third-order valence-corrected chi connectivity index (χ3v) is 6.61. The van der Waals surface area contributed by atoms with Crippen molar-refractivity contribution in [3.63, 3.8) is 0 Å². The van der Waals surface area contributed by atoms with Crippen LogP contribution in [0.25, 0.3) is 11.0 Å². The van der Waals surface area contributed by atoms with Crippen LogP contribution in [0.1, 0.15) is 28.6 Å². The third-order valence-electron chi connectivity index (χ3n) is 6.61. The first-order chi connectivity index (χ1) is 17.1. The molecule has 35 heavy (non-hydrogen) atoms. The molecule has 2 aliphatic rings. The van der Waals surface area contributed by atoms with Crippen LogP contribution in [-0.4, -0.2) is 73.1 Å². The van der Waals surface area contributed by atoms with Crippen molar-refractivity contribution in [2.45, 2.75) is 12.5 Å². The first-order valence-electron chi connectivity index (χ1n) is 11.8. The summed E-state index contributed by atoms with van der Waals surface area (Å²) in [7, 11) is 1.54. The molecule has 8 nitrogen and oxygen atoms in total. The molecule has 1 atom stereocenters. The van der Waals surface area contributed by atoms with E-state index in [0.29, 0.717) is 43.1 Å². The molecule has 0 aliphatic carbocycles. The Morgan fingerprint density at radius 3 is 2.60 bits per heavy atom. The van der Waals surface area contributed by atoms with Crippen LogP contribution in [-0.2, 0) is 9.53 Å². The van der Waals surface area contributed by atoms with Gasteiger partial charge in [0.25, 0.3) is 5.91 Å². The van der Waals surface area contributed by atoms with Gasteiger partial charge in [-0.15, -0.1) is 0 Å². The Hall–Kier alpha value is -3.62. The Kier molecular flexibility index (Phi) is 6.57. The number of ketones is 1. The predicted octanol–water partition coefficient (Wildman–Crippen LogP) is 3.74. The molecular formula is C27H28N2O6. The lowest BCUT2D eigenvalue weighted by molar-refractivity contribution is -0.129. The molecular weight excluding hydrogens is 448 g/mol. The van der Waals surface area contributed by atoms with E-state index in [-0.39, 0.29) is 11.3 Å². The van der Waals surface area contributed by atoms with Crippen LogP contribution in [0.3, 0.4) is 0 Å². The van der Waals surface area contributed by atoms with E-state index in [1.165, 1.54) is 0 Å². The summed E-state index contributed by atoms with van der Waals surface area (Å²) in [6.07, 6.45) is 0.691. The van der Waals surface area contributed by atoms with Gasteiger partial charge in [0, 0.05) is 37.1 Å². The van der Waals surface area contributed by atoms with Gasteiger partial charge in [0.05, 0.1) is 31.9 Å². The largest absolute Gasteiger partial charge is 0.503 e. The average molecular weight is 477 g/mol. The first-order valence-corrected chi connectivity index (χ1v) is 11.8. The number of rotatable bonds is 8. The minimum atomic E-state index is -0.788. The number of hydrogen-bond acceptors (Lipinski definition) is 7. The standard InChI is InChI=1S/C27H28N2O6/c1-33-21-10-5-3-8-19(21)24-23(25(30)22-17-18-7-2-4-9-20(18)35-22)26(31)27(32)29(24)12-6-11-28-13-15-34-16-14-28/h2-5,7-10,17,24,31H,6,11-16H2,1H3/t24-/m1/s1. The Morgan fingerprint density at radius 2 is 1.83 bits per heavy atom. The minimum Gasteiger partial charge on any atom is -0.503 e. The van der Waals surface area contributed by atoms with Gasteiger partial charge in [0.1, 0.15) is 11.3 Å². The fraction of sp³-hybridized carbons (Fsp3) is 0.333. The van der Waals surface area contributed by atoms with Gasteiger partial charge in [-0.1, -0.05) is 36.4 Å². The topological polar surface area (TPSA) is 92.5 Å². The van der Waals surface area contributed by atoms with Gasteiger partial charge in [0.15, 0.2) is 11.5 Å². The fourth-order valence-corrected chi connectivity index (χ4v) is 4.85. The molecule has 1 aromatic heterocycles. The highest BCUT2D eigenvalue weighted by atomic mass is 16.5. The monoisotopic (exact) mass is 476 g/mol. The number of carbonyl (C=O) groups is 2. The molecule has 0 unspecified atom stereocenters. The van der Waals surface area contributed by atoms with Crippen molar-refractivity contribution >= 4 is 22.7 Å². The van der Waals surface area contributed by atoms with Gasteiger partial charge in [-0.3, -0.25) is 14.5 Å². The second-order valence-corrected chi connectivity index (χ2v) is 8.69. The van der Waals surface area contributed by atoms with E-state index in [2.05, 4.69) is 4.90 Å². The smallest absolute Gasteiger partial charge is 0.290 e. The number of furan rings is 1. The highest BCUT2D eigenvalue weighted by Crippen LogP contribution is 2.42. The zero-order chi connectivity index (χ0) is 24.4. The third kappa shape index (κ3) is 4.42. The number of methoxy groups -OCH3 is 1. The van der Waals surface area contributed by atoms with E-state index >= 15 is 0 Å². The lowest BCUT2D eigenvalue weighted by atomic mass is 9.94. The van der Waals surface area contributed by atoms with Gasteiger partial charge in [-0.05, 0) is 24.6 Å². The van der Waals surface area contributed by atoms with E-state index in [1.54, 1.807) is 30.2 Å². The number of Topliss-reactive ketones (excluding diaryl/α,β-unsaturated/α-hetero) is 1. The molecule has 1 fully saturated rings. The van der Waals surface area contributed by atoms with Gasteiger partial charge in [-0.25, -0.2) is 0 Å². The highest BCUT2D eigenvalue weighted by molar-refractivity contribution is 6.16. The quantitative estimate of drug-likeness (QED) is 0.495. The van der Waals surface area contributed by atoms with Crippen LogP contribution in [0.2, 0.25) is 0 Å². The Morgan fingerprint density at radius 1 is 1.09 bits per heavy atom. The molecule has 0 saturated carbocycles. The molecule has 1 saturated heterocycles. The van der Waals surface area contributed by atoms with Crippen LogP contribution in [0.5, 0.6) is 5.75 Å². The Labute approximate surface area is 203 Å². The zero-order valence-corrected chi connectivity index (χ0v) is 19.6. The summed E-state index contributed by atoms with van der Waals surface area (Å²) < 4.78 is 16.8. The summed E-state index contributed by atoms with van der Waals surface area (Å²) in [6, 6.07) is 15.4. The van der Waals surface area contributed by atoms with E-state index in [4.69, 9.17) is 13.9 Å². The maximum atomic E-state index is 13.7. The van der Waals surface area contributed by atoms with Gasteiger partial charge in [0.2, 0.25) is 5.78 Å². The van der Waals surface area contributed by atoms with E-state index < -0.39 is 23.5 Å². The number of morpholine rings is 1. The molecule has 0 bridgehead atoms. The summed E-state index contributed by atoms with van der Waals surface area (Å²) in [4.78, 5) is 30.8. The number of aliphatic hydroxyl groups excluding tert-OH is 1. The normalized spacial score (nSPS) is 19.1. The fourth-order valence-electron chi connectivity index (χ4n) is 4.85. The molecule has 8 heteroatoms. The number of aliphatic hydroxyl groups is 1. The van der Waals surface area contributed by atoms with Crippen LogP contribution < -0.4 is 4.74 Å². The van der Waals surface area contributed by atoms with Crippen LogP contribution in [0.15, 0.2) is 70.3 Å². The lowest BCUT2D eigenvalue weighted by Crippen LogP contribution is -2.39. The lowest BCUT2D eigenvalue weighted by Gasteiger charge is -2.30. The number of nitrogens with zero attached hydrogens (tertiary/aromatic N) is 2. The number of amides is 1. The molecule has 1 N–H and O–H groups in total. The zero-order valence-electron chi connectivity index (χ0n) is 19.6. The average Bonchev–Trinajstić information content (AvgIpc) is 3.44. The van der Waals surface area contributed by atoms with E-state index in [0.717, 1.165) is 25.0 Å². The summed E-state index contributed by atoms with van der Waals surface area (Å²) in [5, 5.41) is 11.7. The number of benzene rings is 2. The van der Waals surface area contributed by atoms with Crippen molar-refractivity contribution in [3.05, 3.63) is 77.3 Å². The predicted molar refractivity (Wildman–Crippen MR) is 130 cm³/mol. The number of para-hydroxylation sites is 2. The maximum Gasteiger partial charge on any atom is 0.290 e. The molecule has 3 heterocycles. The van der Waals surface area contributed by atoms with Gasteiger partial charge >= 0.3 is 0 Å². The van der Waals surface area contributed by atoms with Crippen molar-refractivity contribution in [1.82, 2.24) is 9.80 Å². The van der Waals surface area contributed by atoms with Gasteiger partial charge < -0.3 is 23.9 Å². The van der Waals surface area contributed by atoms with Crippen molar-refractivity contribution in [2.75, 3.05) is 46.5 Å². The number of ether oxygens (including phenoxy) is 2. The summed E-state index contributed by atoms with van der Waals surface area (Å²) in [5.74, 6) is -1.01. The molecule has 0 spiro atoms. The van der Waals surface area contributed by atoms with Crippen LogP contribution in [0, 0.1) is 0 Å². The summed E-state index contributed by atoms with van der Waals surface area (Å²) in [5.41, 5.74) is 1.21. The second kappa shape index (κ2) is 9.93.